The molecule has 1 aromatic carbocycles. The molecule has 0 amide bonds. The van der Waals surface area contributed by atoms with Gasteiger partial charge in [-0.05, 0) is 17.7 Å². The number of carboxylic acid groups (broad SMARTS) is 1. The molecular weight excluding hydrogens is 268 g/mol. The number of carbonyl (C=O) groups is 3. The number of benzene rings is 1. The Balaban J connectivity index is 3.39. The van der Waals surface area contributed by atoms with E-state index in [-0.39, 0.29) is 23.7 Å². The van der Waals surface area contributed by atoms with Gasteiger partial charge in [-0.15, -0.1) is 0 Å². The van der Waals surface area contributed by atoms with E-state index in [1.165, 1.54) is 12.1 Å². The van der Waals surface area contributed by atoms with E-state index in [2.05, 4.69) is 0 Å². The molecule has 0 fully saturated rings. The van der Waals surface area contributed by atoms with Gasteiger partial charge in [0, 0.05) is 19.4 Å². The van der Waals surface area contributed by atoms with Gasteiger partial charge in [-0.1, -0.05) is 0 Å². The molecule has 0 radical (unpaired) electrons. The fraction of sp³-hybridized carbons (Fsp3) is 0.308. The predicted molar refractivity (Wildman–Crippen MR) is 66.3 cm³/mol. The van der Waals surface area contributed by atoms with Crippen LogP contribution in [0.5, 0.6) is 11.5 Å². The molecule has 0 aliphatic rings. The highest BCUT2D eigenvalue weighted by atomic mass is 16.6. The van der Waals surface area contributed by atoms with E-state index >= 15 is 0 Å². The Kier molecular flexibility index (Phi) is 5.22. The summed E-state index contributed by atoms with van der Waals surface area (Å²) in [6, 6.07) is 2.68. The van der Waals surface area contributed by atoms with Crippen molar-refractivity contribution in [3.8, 4) is 11.5 Å². The van der Waals surface area contributed by atoms with Crippen molar-refractivity contribution in [2.45, 2.75) is 26.9 Å². The van der Waals surface area contributed by atoms with E-state index in [0.29, 0.717) is 5.56 Å². The normalized spacial score (nSPS) is 9.95. The third-order valence-electron chi connectivity index (χ3n) is 2.22. The zero-order chi connectivity index (χ0) is 15.3. The monoisotopic (exact) mass is 282 g/mol. The maximum absolute atomic E-state index is 11.1. The van der Waals surface area contributed by atoms with Crippen LogP contribution in [0, 0.1) is 0 Å². The van der Waals surface area contributed by atoms with E-state index in [1.807, 2.05) is 0 Å². The van der Waals surface area contributed by atoms with Crippen molar-refractivity contribution in [1.29, 1.82) is 0 Å². The largest absolute Gasteiger partial charge is 0.481 e. The predicted octanol–water partition coefficient (Wildman–Crippen LogP) is 0.657. The van der Waals surface area contributed by atoms with Crippen LogP contribution in [-0.2, 0) is 27.4 Å². The highest BCUT2D eigenvalue weighted by Crippen LogP contribution is 2.34. The molecule has 1 rings (SSSR count). The lowest BCUT2D eigenvalue weighted by molar-refractivity contribution is -0.137. The van der Waals surface area contributed by atoms with Crippen molar-refractivity contribution in [2.75, 3.05) is 0 Å². The summed E-state index contributed by atoms with van der Waals surface area (Å²) in [7, 11) is 0. The third-order valence-corrected chi connectivity index (χ3v) is 2.22. The molecule has 0 aromatic heterocycles. The summed E-state index contributed by atoms with van der Waals surface area (Å²) in [6.45, 7) is 1.92. The summed E-state index contributed by atoms with van der Waals surface area (Å²) in [5, 5.41) is 18.0. The van der Waals surface area contributed by atoms with Gasteiger partial charge in [-0.2, -0.15) is 0 Å². The summed E-state index contributed by atoms with van der Waals surface area (Å²) in [5.41, 5.74) is 0.476. The smallest absolute Gasteiger partial charge is 0.308 e. The number of esters is 2. The minimum absolute atomic E-state index is 0.101. The Morgan fingerprint density at radius 3 is 2.15 bits per heavy atom. The number of aliphatic carboxylic acids is 1. The fourth-order valence-corrected chi connectivity index (χ4v) is 1.60. The van der Waals surface area contributed by atoms with Crippen LogP contribution >= 0.6 is 0 Å². The second-order valence-corrected chi connectivity index (χ2v) is 4.00. The first-order valence-corrected chi connectivity index (χ1v) is 5.68. The van der Waals surface area contributed by atoms with Crippen molar-refractivity contribution in [1.82, 2.24) is 0 Å². The van der Waals surface area contributed by atoms with Gasteiger partial charge >= 0.3 is 17.9 Å². The van der Waals surface area contributed by atoms with Crippen molar-refractivity contribution in [3.63, 3.8) is 0 Å². The third kappa shape index (κ3) is 4.36. The van der Waals surface area contributed by atoms with Gasteiger partial charge in [0.25, 0.3) is 0 Å². The number of hydrogen-bond acceptors (Lipinski definition) is 6. The van der Waals surface area contributed by atoms with Crippen molar-refractivity contribution >= 4 is 17.9 Å². The number of carboxylic acids is 1. The Hall–Kier alpha value is -2.41. The topological polar surface area (TPSA) is 110 Å². The zero-order valence-corrected chi connectivity index (χ0v) is 11.0. The Morgan fingerprint density at radius 1 is 1.10 bits per heavy atom. The standard InChI is InChI=1S/C13H14O7/c1-7(15)19-11-4-9(6-14)3-10(5-12(17)18)13(11)20-8(2)16/h3-4,14H,5-6H2,1-2H3,(H,17,18). The molecule has 0 unspecified atom stereocenters. The quantitative estimate of drug-likeness (QED) is 0.602. The molecule has 0 aliphatic carbocycles. The summed E-state index contributed by atoms with van der Waals surface area (Å²) >= 11 is 0. The van der Waals surface area contributed by atoms with Crippen LogP contribution in [0.15, 0.2) is 12.1 Å². The van der Waals surface area contributed by atoms with Crippen molar-refractivity contribution in [2.24, 2.45) is 0 Å². The molecule has 0 bridgehead atoms. The first kappa shape index (κ1) is 15.6. The van der Waals surface area contributed by atoms with Gasteiger partial charge in [0.2, 0.25) is 0 Å². The number of ether oxygens (including phenoxy) is 2. The zero-order valence-electron chi connectivity index (χ0n) is 11.0. The molecule has 20 heavy (non-hydrogen) atoms. The average molecular weight is 282 g/mol. The number of aliphatic hydroxyl groups excluding tert-OH is 1. The lowest BCUT2D eigenvalue weighted by atomic mass is 10.1. The molecule has 0 saturated heterocycles. The van der Waals surface area contributed by atoms with Gasteiger partial charge in [0.1, 0.15) is 0 Å². The maximum Gasteiger partial charge on any atom is 0.308 e. The molecule has 7 nitrogen and oxygen atoms in total. The van der Waals surface area contributed by atoms with Gasteiger partial charge < -0.3 is 19.7 Å². The van der Waals surface area contributed by atoms with Crippen LogP contribution in [0.25, 0.3) is 0 Å². The minimum atomic E-state index is -1.15. The fourth-order valence-electron chi connectivity index (χ4n) is 1.60. The van der Waals surface area contributed by atoms with Gasteiger partial charge in [-0.3, -0.25) is 14.4 Å². The lowest BCUT2D eigenvalue weighted by Gasteiger charge is -2.14. The van der Waals surface area contributed by atoms with E-state index in [4.69, 9.17) is 19.7 Å². The Labute approximate surface area is 114 Å². The number of aliphatic hydroxyl groups is 1. The first-order valence-electron chi connectivity index (χ1n) is 5.68. The van der Waals surface area contributed by atoms with E-state index < -0.39 is 24.3 Å². The van der Waals surface area contributed by atoms with Gasteiger partial charge in [0.15, 0.2) is 11.5 Å². The van der Waals surface area contributed by atoms with Gasteiger partial charge in [0.05, 0.1) is 13.0 Å². The van der Waals surface area contributed by atoms with E-state index in [0.717, 1.165) is 13.8 Å². The average Bonchev–Trinajstić information content (AvgIpc) is 2.30. The Morgan fingerprint density at radius 2 is 1.70 bits per heavy atom. The van der Waals surface area contributed by atoms with Crippen LogP contribution in [0.2, 0.25) is 0 Å². The summed E-state index contributed by atoms with van der Waals surface area (Å²) < 4.78 is 9.81. The molecule has 1 aromatic rings. The molecule has 7 heteroatoms. The number of rotatable bonds is 5. The second-order valence-electron chi connectivity index (χ2n) is 4.00. The Bertz CT molecular complexity index is 511. The summed E-state index contributed by atoms with van der Waals surface area (Å²) in [5.74, 6) is -2.72. The van der Waals surface area contributed by atoms with Crippen LogP contribution in [0.3, 0.4) is 0 Å². The van der Waals surface area contributed by atoms with Crippen molar-refractivity contribution in [3.05, 3.63) is 23.3 Å². The minimum Gasteiger partial charge on any atom is -0.481 e. The molecule has 0 spiro atoms. The summed E-state index contributed by atoms with van der Waals surface area (Å²) in [6.07, 6.45) is -0.440. The number of hydrogen-bond donors (Lipinski definition) is 2. The molecule has 108 valence electrons. The molecule has 0 atom stereocenters. The number of carbonyl (C=O) groups excluding carboxylic acids is 2. The molecule has 0 aliphatic heterocycles. The molecule has 0 saturated carbocycles. The summed E-state index contributed by atoms with van der Waals surface area (Å²) in [4.78, 5) is 33.0. The van der Waals surface area contributed by atoms with Crippen LogP contribution in [-0.4, -0.2) is 28.1 Å². The second kappa shape index (κ2) is 6.67. The molecule has 2 N–H and O–H groups in total. The van der Waals surface area contributed by atoms with Crippen LogP contribution < -0.4 is 9.47 Å². The highest BCUT2D eigenvalue weighted by molar-refractivity contribution is 5.77. The van der Waals surface area contributed by atoms with Crippen LogP contribution in [0.1, 0.15) is 25.0 Å². The lowest BCUT2D eigenvalue weighted by Crippen LogP contribution is -2.11. The van der Waals surface area contributed by atoms with Crippen molar-refractivity contribution < 1.29 is 34.1 Å². The van der Waals surface area contributed by atoms with Gasteiger partial charge in [-0.25, -0.2) is 0 Å². The first-order chi connectivity index (χ1) is 9.33. The van der Waals surface area contributed by atoms with E-state index in [1.54, 1.807) is 0 Å². The SMILES string of the molecule is CC(=O)Oc1cc(CO)cc(CC(=O)O)c1OC(C)=O. The van der Waals surface area contributed by atoms with Crippen LogP contribution in [0.4, 0.5) is 0 Å². The molecule has 0 heterocycles. The highest BCUT2D eigenvalue weighted by Gasteiger charge is 2.19. The van der Waals surface area contributed by atoms with E-state index in [9.17, 15) is 14.4 Å². The molecular formula is C13H14O7. The maximum atomic E-state index is 11.1.